The van der Waals surface area contributed by atoms with Crippen molar-refractivity contribution in [2.24, 2.45) is 23.3 Å². The minimum absolute atomic E-state index is 0.0628. The maximum absolute atomic E-state index is 14.5. The Morgan fingerprint density at radius 3 is 1.55 bits per heavy atom. The summed E-state index contributed by atoms with van der Waals surface area (Å²) >= 11 is 0. The summed E-state index contributed by atoms with van der Waals surface area (Å²) in [6.45, 7) is 7.98. The second-order valence-corrected chi connectivity index (χ2v) is 16.6. The van der Waals surface area contributed by atoms with Gasteiger partial charge in [0.25, 0.3) is 0 Å². The third-order valence-electron chi connectivity index (χ3n) is 10.9. The number of hydrogen-bond acceptors (Lipinski definition) is 9. The van der Waals surface area contributed by atoms with Crippen molar-refractivity contribution in [1.29, 1.82) is 0 Å². The Hall–Kier alpha value is -5.35. The van der Waals surface area contributed by atoms with Gasteiger partial charge >= 0.3 is 0 Å². The average Bonchev–Trinajstić information content (AvgIpc) is 3.72. The van der Waals surface area contributed by atoms with Crippen molar-refractivity contribution >= 4 is 41.4 Å². The second kappa shape index (κ2) is 23.4. The van der Waals surface area contributed by atoms with E-state index in [1.807, 2.05) is 62.4 Å². The van der Waals surface area contributed by atoms with Gasteiger partial charge in [-0.25, -0.2) is 0 Å². The molecular weight excluding hydrogens is 767 g/mol. The topological polar surface area (TPSA) is 247 Å². The molecule has 2 heterocycles. The van der Waals surface area contributed by atoms with Crippen LogP contribution >= 0.6 is 0 Å². The summed E-state index contributed by atoms with van der Waals surface area (Å²) < 4.78 is 0. The Bertz CT molecular complexity index is 1760. The van der Waals surface area contributed by atoms with Gasteiger partial charge in [0.15, 0.2) is 0 Å². The molecule has 0 bridgehead atoms. The number of hydrogen-bond donors (Lipinski definition) is 8. The Morgan fingerprint density at radius 2 is 1.02 bits per heavy atom. The molecule has 2 saturated heterocycles. The van der Waals surface area contributed by atoms with Crippen molar-refractivity contribution in [3.63, 3.8) is 0 Å². The molecule has 0 aromatic heterocycles. The van der Waals surface area contributed by atoms with Crippen LogP contribution in [0.1, 0.15) is 83.8 Å². The van der Waals surface area contributed by atoms with E-state index in [1.165, 1.54) is 4.90 Å². The van der Waals surface area contributed by atoms with E-state index in [9.17, 15) is 33.6 Å². The largest absolute Gasteiger partial charge is 0.343 e. The summed E-state index contributed by atoms with van der Waals surface area (Å²) in [6.07, 6.45) is 2.25. The molecule has 4 rings (SSSR count). The minimum atomic E-state index is -1.18. The van der Waals surface area contributed by atoms with Gasteiger partial charge in [-0.3, -0.25) is 33.6 Å². The number of carbonyl (C=O) groups is 7. The zero-order valence-electron chi connectivity index (χ0n) is 35.4. The highest BCUT2D eigenvalue weighted by molar-refractivity contribution is 5.99. The number of nitrogens with two attached hydrogens (primary N) is 2. The van der Waals surface area contributed by atoms with E-state index >= 15 is 0 Å². The van der Waals surface area contributed by atoms with Gasteiger partial charge in [0, 0.05) is 19.4 Å². The van der Waals surface area contributed by atoms with Crippen molar-refractivity contribution in [1.82, 2.24) is 36.8 Å². The fourth-order valence-electron chi connectivity index (χ4n) is 7.63. The van der Waals surface area contributed by atoms with Crippen molar-refractivity contribution < 1.29 is 33.6 Å². The van der Waals surface area contributed by atoms with Crippen molar-refractivity contribution in [3.05, 3.63) is 71.8 Å². The molecule has 328 valence electrons. The molecule has 0 radical (unpaired) electrons. The lowest BCUT2D eigenvalue weighted by Crippen LogP contribution is -2.60. The highest BCUT2D eigenvalue weighted by atomic mass is 16.2. The normalized spacial score (nSPS) is 25.4. The highest BCUT2D eigenvalue weighted by Crippen LogP contribution is 2.21. The number of amides is 7. The van der Waals surface area contributed by atoms with Gasteiger partial charge in [-0.1, -0.05) is 88.4 Å². The first-order valence-electron chi connectivity index (χ1n) is 21.3. The van der Waals surface area contributed by atoms with Crippen molar-refractivity contribution in [2.45, 2.75) is 128 Å². The number of carbonyl (C=O) groups excluding carboxylic acids is 7. The Kier molecular flexibility index (Phi) is 18.5. The average molecular weight is 832 g/mol. The number of nitrogens with one attached hydrogen (secondary N) is 6. The molecule has 2 aliphatic heterocycles. The van der Waals surface area contributed by atoms with Gasteiger partial charge in [-0.2, -0.15) is 0 Å². The number of benzene rings is 2. The zero-order chi connectivity index (χ0) is 43.8. The highest BCUT2D eigenvalue weighted by Gasteiger charge is 2.41. The molecule has 0 aliphatic carbocycles. The van der Waals surface area contributed by atoms with Crippen LogP contribution in [0.2, 0.25) is 0 Å². The Labute approximate surface area is 353 Å². The van der Waals surface area contributed by atoms with Crippen LogP contribution in [0.15, 0.2) is 60.7 Å². The summed E-state index contributed by atoms with van der Waals surface area (Å²) in [5.41, 5.74) is 13.2. The van der Waals surface area contributed by atoms with Crippen LogP contribution in [0.25, 0.3) is 0 Å². The summed E-state index contributed by atoms with van der Waals surface area (Å²) in [7, 11) is 0. The zero-order valence-corrected chi connectivity index (χ0v) is 35.4. The lowest BCUT2D eigenvalue weighted by Gasteiger charge is -2.31. The number of fused-ring (bicyclic) bond motifs is 1. The summed E-state index contributed by atoms with van der Waals surface area (Å²) in [5, 5.41) is 17.0. The summed E-state index contributed by atoms with van der Waals surface area (Å²) in [5.74, 6) is -4.70. The fourth-order valence-corrected chi connectivity index (χ4v) is 7.63. The lowest BCUT2D eigenvalue weighted by molar-refractivity contribution is -0.142. The van der Waals surface area contributed by atoms with Gasteiger partial charge in [-0.05, 0) is 81.0 Å². The Morgan fingerprint density at radius 1 is 0.567 bits per heavy atom. The van der Waals surface area contributed by atoms with Crippen LogP contribution in [0.5, 0.6) is 0 Å². The molecule has 60 heavy (non-hydrogen) atoms. The first-order chi connectivity index (χ1) is 28.7. The monoisotopic (exact) mass is 832 g/mol. The molecule has 0 spiro atoms. The van der Waals surface area contributed by atoms with Crippen LogP contribution in [-0.4, -0.2) is 108 Å². The lowest BCUT2D eigenvalue weighted by atomic mass is 9.99. The SMILES string of the molecule is CC(C)C[C@H]1NC(=O)[C@@H](Cc2ccccc2)NC(=O)[C@H](CCCN)NC(=O)[C@H](C(C)C)NC(=O)[C@@H](CCCN)NC(=O)[C@@H]2CCCN2C(=O)[C@H](Cc2ccccc2)NC1=O. The maximum atomic E-state index is 14.5. The van der Waals surface area contributed by atoms with E-state index in [-0.39, 0.29) is 57.7 Å². The third-order valence-corrected chi connectivity index (χ3v) is 10.9. The summed E-state index contributed by atoms with van der Waals surface area (Å²) in [4.78, 5) is 101. The van der Waals surface area contributed by atoms with E-state index in [0.29, 0.717) is 25.7 Å². The molecule has 2 aromatic carbocycles. The molecular formula is C44H65N9O7. The molecule has 0 unspecified atom stereocenters. The van der Waals surface area contributed by atoms with Crippen LogP contribution in [-0.2, 0) is 46.4 Å². The van der Waals surface area contributed by atoms with Crippen LogP contribution in [0.4, 0.5) is 0 Å². The standard InChI is InChI=1S/C44H65N9O7/c1-27(2)24-33-40(56)51-35(26-30-16-9-6-10-17-30)44(60)53-23-13-20-36(53)42(58)47-32(19-12-22-46)39(55)52-37(28(3)4)43(59)48-31(18-11-21-45)38(54)50-34(41(57)49-33)25-29-14-7-5-8-15-29/h5-10,14-17,27-28,31-37H,11-13,18-26,45-46H2,1-4H3,(H,47,58)(H,48,59)(H,49,57)(H,50,54)(H,51,56)(H,52,55)/t31-,32+,33+,34+,35-,36-,37-/m0/s1. The fraction of sp³-hybridized carbons (Fsp3) is 0.568. The summed E-state index contributed by atoms with van der Waals surface area (Å²) in [6, 6.07) is 10.5. The number of nitrogens with zero attached hydrogens (tertiary/aromatic N) is 1. The molecule has 16 heteroatoms. The molecule has 7 amide bonds. The van der Waals surface area contributed by atoms with Gasteiger partial charge in [-0.15, -0.1) is 0 Å². The van der Waals surface area contributed by atoms with Crippen LogP contribution in [0, 0.1) is 11.8 Å². The van der Waals surface area contributed by atoms with Crippen molar-refractivity contribution in [2.75, 3.05) is 19.6 Å². The van der Waals surface area contributed by atoms with Crippen molar-refractivity contribution in [3.8, 4) is 0 Å². The van der Waals surface area contributed by atoms with Gasteiger partial charge in [0.1, 0.15) is 42.3 Å². The van der Waals surface area contributed by atoms with Gasteiger partial charge in [0.2, 0.25) is 41.4 Å². The maximum Gasteiger partial charge on any atom is 0.246 e. The molecule has 2 fully saturated rings. The smallest absolute Gasteiger partial charge is 0.246 e. The molecule has 10 N–H and O–H groups in total. The first kappa shape index (κ1) is 47.3. The van der Waals surface area contributed by atoms with E-state index in [2.05, 4.69) is 31.9 Å². The molecule has 16 nitrogen and oxygen atoms in total. The molecule has 2 aliphatic rings. The predicted octanol–water partition coefficient (Wildman–Crippen LogP) is 0.565. The predicted molar refractivity (Wildman–Crippen MR) is 227 cm³/mol. The molecule has 2 aromatic rings. The second-order valence-electron chi connectivity index (χ2n) is 16.6. The minimum Gasteiger partial charge on any atom is -0.343 e. The van der Waals surface area contributed by atoms with E-state index in [1.54, 1.807) is 26.0 Å². The van der Waals surface area contributed by atoms with Crippen LogP contribution < -0.4 is 43.4 Å². The number of rotatable bonds is 13. The van der Waals surface area contributed by atoms with Gasteiger partial charge in [0.05, 0.1) is 0 Å². The first-order valence-corrected chi connectivity index (χ1v) is 21.3. The van der Waals surface area contributed by atoms with Gasteiger partial charge < -0.3 is 48.3 Å². The quantitative estimate of drug-likeness (QED) is 0.140. The molecule has 7 atom stereocenters. The molecule has 0 saturated carbocycles. The van der Waals surface area contributed by atoms with Crippen LogP contribution in [0.3, 0.4) is 0 Å². The van der Waals surface area contributed by atoms with E-state index in [4.69, 9.17) is 11.5 Å². The Balaban J connectivity index is 1.81. The van der Waals surface area contributed by atoms with E-state index < -0.39 is 89.6 Å². The third kappa shape index (κ3) is 13.9. The van der Waals surface area contributed by atoms with E-state index in [0.717, 1.165) is 11.1 Å².